The van der Waals surface area contributed by atoms with Crippen molar-refractivity contribution in [1.82, 2.24) is 0 Å². The second-order valence-corrected chi connectivity index (χ2v) is 4.68. The maximum atomic E-state index is 9.53. The van der Waals surface area contributed by atoms with Crippen molar-refractivity contribution in [2.45, 2.75) is 0 Å². The topological polar surface area (TPSA) is 118 Å². The van der Waals surface area contributed by atoms with Crippen LogP contribution in [-0.2, 0) is 62.6 Å². The number of hydrogen-bond acceptors (Lipinski definition) is 5. The van der Waals surface area contributed by atoms with Crippen molar-refractivity contribution in [1.29, 1.82) is 0 Å². The van der Waals surface area contributed by atoms with Crippen molar-refractivity contribution in [3.63, 3.8) is 0 Å². The molecule has 0 bridgehead atoms. The van der Waals surface area contributed by atoms with Gasteiger partial charge in [-0.25, -0.2) is 0 Å². The molecular weight excluding hydrogens is 268 g/mol. The van der Waals surface area contributed by atoms with Crippen LogP contribution >= 0.6 is 0 Å². The Kier molecular flexibility index (Phi) is 5.17. The number of hydrogen-bond donors (Lipinski definition) is 2. The molecule has 0 aromatic heterocycles. The van der Waals surface area contributed by atoms with Crippen LogP contribution < -0.4 is 0 Å². The summed E-state index contributed by atoms with van der Waals surface area (Å²) in [4.78, 5) is 0. The SMILES string of the molecule is [Cr].[O]=[Cr](=[O])([OH])[O][Cr](=[O])(=[O])[OH]. The zero-order valence-electron chi connectivity index (χ0n) is 4.16. The molecule has 0 unspecified atom stereocenters. The van der Waals surface area contributed by atoms with Crippen LogP contribution in [-0.4, -0.2) is 8.32 Å². The van der Waals surface area contributed by atoms with Gasteiger partial charge in [0.1, 0.15) is 0 Å². The zero-order chi connectivity index (χ0) is 7.71. The van der Waals surface area contributed by atoms with Gasteiger partial charge in [-0.2, -0.15) is 0 Å². The van der Waals surface area contributed by atoms with Crippen molar-refractivity contribution < 1.29 is 71.0 Å². The molecule has 0 saturated carbocycles. The van der Waals surface area contributed by atoms with Crippen molar-refractivity contribution in [3.8, 4) is 0 Å². The second kappa shape index (κ2) is 3.90. The van der Waals surface area contributed by atoms with E-state index in [1.165, 1.54) is 0 Å². The van der Waals surface area contributed by atoms with Gasteiger partial charge in [-0.3, -0.25) is 0 Å². The molecule has 0 aliphatic carbocycles. The molecule has 62 valence electrons. The first-order chi connectivity index (χ1) is 3.71. The molecule has 0 rings (SSSR count). The van der Waals surface area contributed by atoms with Crippen LogP contribution in [0.2, 0.25) is 0 Å². The van der Waals surface area contributed by atoms with E-state index in [4.69, 9.17) is 8.32 Å². The Morgan fingerprint density at radius 3 is 1.10 bits per heavy atom. The van der Waals surface area contributed by atoms with Gasteiger partial charge >= 0.3 is 53.6 Å². The molecule has 10 heavy (non-hydrogen) atoms. The summed E-state index contributed by atoms with van der Waals surface area (Å²) in [5.74, 6) is 0. The van der Waals surface area contributed by atoms with E-state index in [2.05, 4.69) is 2.84 Å². The van der Waals surface area contributed by atoms with Gasteiger partial charge in [0.2, 0.25) is 0 Å². The summed E-state index contributed by atoms with van der Waals surface area (Å²) in [5, 5.41) is 0. The first-order valence-electron chi connectivity index (χ1n) is 1.37. The van der Waals surface area contributed by atoms with Gasteiger partial charge in [0, 0.05) is 17.4 Å². The Labute approximate surface area is 70.9 Å². The summed E-state index contributed by atoms with van der Waals surface area (Å²) in [5.41, 5.74) is 0. The Morgan fingerprint density at radius 2 is 1.10 bits per heavy atom. The molecule has 0 amide bonds. The minimum absolute atomic E-state index is 0. The van der Waals surface area contributed by atoms with Gasteiger partial charge in [-0.05, 0) is 0 Å². The van der Waals surface area contributed by atoms with Gasteiger partial charge in [-0.1, -0.05) is 0 Å². The van der Waals surface area contributed by atoms with E-state index in [0.29, 0.717) is 0 Å². The molecule has 0 spiro atoms. The van der Waals surface area contributed by atoms with E-state index in [1.807, 2.05) is 0 Å². The third kappa shape index (κ3) is 11.5. The van der Waals surface area contributed by atoms with E-state index in [0.717, 1.165) is 0 Å². The molecule has 0 aliphatic heterocycles. The molecular formula is H2Cr3O7. The molecule has 0 atom stereocenters. The van der Waals surface area contributed by atoms with Crippen LogP contribution in [0.4, 0.5) is 0 Å². The summed E-state index contributed by atoms with van der Waals surface area (Å²) < 4.78 is 56.3. The van der Waals surface area contributed by atoms with E-state index in [9.17, 15) is 15.2 Å². The molecule has 10 heteroatoms. The van der Waals surface area contributed by atoms with E-state index >= 15 is 0 Å². The zero-order valence-corrected chi connectivity index (χ0v) is 7.99. The fourth-order valence-electron chi connectivity index (χ4n) is 0.109. The fourth-order valence-corrected chi connectivity index (χ4v) is 1.85. The molecule has 0 radical (unpaired) electrons. The summed E-state index contributed by atoms with van der Waals surface area (Å²) in [6, 6.07) is 0. The maximum absolute atomic E-state index is 9.53. The van der Waals surface area contributed by atoms with Crippen LogP contribution in [0.25, 0.3) is 0 Å². The van der Waals surface area contributed by atoms with Crippen LogP contribution in [0.5, 0.6) is 0 Å². The van der Waals surface area contributed by atoms with Crippen LogP contribution in [0.1, 0.15) is 0 Å². The van der Waals surface area contributed by atoms with Gasteiger partial charge < -0.3 is 0 Å². The molecule has 2 N–H and O–H groups in total. The standard InChI is InChI=1S/3Cr.2H2O.5O/h;;;2*1H2;;;;;/q;2*+1;;;;;;;/p-2. The third-order valence-corrected chi connectivity index (χ3v) is 2.92. The van der Waals surface area contributed by atoms with Gasteiger partial charge in [0.15, 0.2) is 0 Å². The molecule has 0 aliphatic rings. The van der Waals surface area contributed by atoms with Crippen molar-refractivity contribution >= 4 is 0 Å². The molecule has 0 fully saturated rings. The molecule has 0 saturated heterocycles. The monoisotopic (exact) mass is 270 g/mol. The van der Waals surface area contributed by atoms with Gasteiger partial charge in [0.25, 0.3) is 0 Å². The van der Waals surface area contributed by atoms with Crippen LogP contribution in [0.3, 0.4) is 0 Å². The summed E-state index contributed by atoms with van der Waals surface area (Å²) in [7, 11) is 0. The molecule has 7 nitrogen and oxygen atoms in total. The summed E-state index contributed by atoms with van der Waals surface area (Å²) in [6.07, 6.45) is 0. The average Bonchev–Trinajstić information content (AvgIpc) is 1.14. The average molecular weight is 270 g/mol. The molecule has 0 aromatic rings. The van der Waals surface area contributed by atoms with Crippen molar-refractivity contribution in [2.75, 3.05) is 0 Å². The normalized spacial score (nSPS) is 12.2. The first kappa shape index (κ1) is 13.3. The van der Waals surface area contributed by atoms with E-state index in [1.54, 1.807) is 0 Å². The first-order valence-corrected chi connectivity index (χ1v) is 5.63. The third-order valence-electron chi connectivity index (χ3n) is 0.172. The van der Waals surface area contributed by atoms with E-state index < -0.39 is 27.2 Å². The quantitative estimate of drug-likeness (QED) is 0.616. The van der Waals surface area contributed by atoms with E-state index in [-0.39, 0.29) is 17.4 Å². The Hall–Kier alpha value is 0.677. The van der Waals surface area contributed by atoms with Crippen LogP contribution in [0.15, 0.2) is 0 Å². The van der Waals surface area contributed by atoms with Crippen LogP contribution in [0, 0.1) is 0 Å². The van der Waals surface area contributed by atoms with Crippen molar-refractivity contribution in [3.05, 3.63) is 0 Å². The Balaban J connectivity index is 0. The van der Waals surface area contributed by atoms with Crippen molar-refractivity contribution in [2.24, 2.45) is 0 Å². The Bertz CT molecular complexity index is 234. The summed E-state index contributed by atoms with van der Waals surface area (Å²) >= 11 is -11.5. The fraction of sp³-hybridized carbons (Fsp3) is 0. The predicted octanol–water partition coefficient (Wildman–Crippen LogP) is -1.67. The van der Waals surface area contributed by atoms with Gasteiger partial charge in [0.05, 0.1) is 0 Å². The predicted molar refractivity (Wildman–Crippen MR) is 8.27 cm³/mol. The Morgan fingerprint density at radius 1 is 0.900 bits per heavy atom. The molecule has 0 heterocycles. The van der Waals surface area contributed by atoms with Gasteiger partial charge in [-0.15, -0.1) is 0 Å². The minimum atomic E-state index is -5.76. The number of rotatable bonds is 2. The summed E-state index contributed by atoms with van der Waals surface area (Å²) in [6.45, 7) is 0. The second-order valence-electron chi connectivity index (χ2n) is 0.924. The molecule has 0 aromatic carbocycles.